The number of ether oxygens (including phenoxy) is 1. The number of nitro groups is 1. The molecule has 0 aliphatic carbocycles. The van der Waals surface area contributed by atoms with Gasteiger partial charge in [0, 0.05) is 31.8 Å². The Hall–Kier alpha value is -2.41. The summed E-state index contributed by atoms with van der Waals surface area (Å²) in [5.74, 6) is 0.810. The van der Waals surface area contributed by atoms with Crippen molar-refractivity contribution >= 4 is 12.0 Å². The fourth-order valence-corrected chi connectivity index (χ4v) is 3.56. The molecule has 3 rings (SSSR count). The van der Waals surface area contributed by atoms with Crippen molar-refractivity contribution in [3.05, 3.63) is 51.7 Å². The predicted octanol–water partition coefficient (Wildman–Crippen LogP) is 2.81. The number of aryl methyl sites for hydroxylation is 1. The van der Waals surface area contributed by atoms with Crippen LogP contribution in [0.5, 0.6) is 0 Å². The van der Waals surface area contributed by atoms with E-state index in [9.17, 15) is 10.1 Å². The third kappa shape index (κ3) is 4.60. The predicted molar refractivity (Wildman–Crippen MR) is 101 cm³/mol. The second-order valence-corrected chi connectivity index (χ2v) is 6.94. The Balaban J connectivity index is 1.71. The Labute approximate surface area is 154 Å². The first-order valence-electron chi connectivity index (χ1n) is 9.18. The topological polar surface area (TPSA) is 71.2 Å². The van der Waals surface area contributed by atoms with Crippen molar-refractivity contribution in [1.29, 1.82) is 0 Å². The van der Waals surface area contributed by atoms with Gasteiger partial charge in [0.25, 0.3) is 5.96 Å². The van der Waals surface area contributed by atoms with E-state index in [1.165, 1.54) is 5.56 Å². The summed E-state index contributed by atoms with van der Waals surface area (Å²) in [6.07, 6.45) is 6.11. The van der Waals surface area contributed by atoms with Crippen LogP contribution in [0.15, 0.2) is 35.6 Å². The molecule has 7 heteroatoms. The van der Waals surface area contributed by atoms with Crippen LogP contribution in [0.3, 0.4) is 0 Å². The molecule has 2 aliphatic heterocycles. The number of guanidine groups is 1. The second-order valence-electron chi connectivity index (χ2n) is 6.94. The van der Waals surface area contributed by atoms with Gasteiger partial charge in [0.1, 0.15) is 5.10 Å². The zero-order chi connectivity index (χ0) is 18.5. The zero-order valence-electron chi connectivity index (χ0n) is 15.4. The third-order valence-electron chi connectivity index (χ3n) is 4.89. The highest BCUT2D eigenvalue weighted by Gasteiger charge is 2.32. The summed E-state index contributed by atoms with van der Waals surface area (Å²) in [7, 11) is 0. The zero-order valence-corrected chi connectivity index (χ0v) is 15.4. The van der Waals surface area contributed by atoms with E-state index < -0.39 is 5.03 Å². The molecule has 7 nitrogen and oxygen atoms in total. The lowest BCUT2D eigenvalue weighted by Crippen LogP contribution is -2.35. The van der Waals surface area contributed by atoms with Crippen molar-refractivity contribution in [2.24, 2.45) is 11.0 Å². The maximum Gasteiger partial charge on any atom is 0.278 e. The van der Waals surface area contributed by atoms with Crippen LogP contribution in [0.25, 0.3) is 6.08 Å². The standard InChI is InChI=1S/C19H26N4O3/c1-3-16-5-4-6-17(12-16)7-8-21-9-10-22(19(21)20-23(24)25)13-18-11-15(2)26-14-18/h4-8,12,15,18H,3,9-11,13-14H2,1-2H3. The molecule has 0 bridgehead atoms. The van der Waals surface area contributed by atoms with Crippen molar-refractivity contribution in [3.63, 3.8) is 0 Å². The van der Waals surface area contributed by atoms with Crippen LogP contribution < -0.4 is 0 Å². The van der Waals surface area contributed by atoms with Crippen molar-refractivity contribution in [2.45, 2.75) is 32.8 Å². The van der Waals surface area contributed by atoms with Crippen molar-refractivity contribution in [2.75, 3.05) is 26.2 Å². The molecule has 140 valence electrons. The van der Waals surface area contributed by atoms with Gasteiger partial charge in [-0.25, -0.2) is 10.1 Å². The smallest absolute Gasteiger partial charge is 0.278 e. The van der Waals surface area contributed by atoms with Crippen molar-refractivity contribution in [1.82, 2.24) is 9.80 Å². The highest BCUT2D eigenvalue weighted by Crippen LogP contribution is 2.22. The molecular weight excluding hydrogens is 332 g/mol. The second kappa shape index (κ2) is 8.31. The maximum absolute atomic E-state index is 11.0. The number of rotatable bonds is 6. The molecule has 0 N–H and O–H groups in total. The Morgan fingerprint density at radius 1 is 1.42 bits per heavy atom. The van der Waals surface area contributed by atoms with E-state index >= 15 is 0 Å². The van der Waals surface area contributed by atoms with Gasteiger partial charge in [-0.1, -0.05) is 31.2 Å². The quantitative estimate of drug-likeness (QED) is 0.578. The average Bonchev–Trinajstić information content (AvgIpc) is 3.20. The number of hydrazone groups is 1. The van der Waals surface area contributed by atoms with Crippen LogP contribution in [0, 0.1) is 16.0 Å². The minimum atomic E-state index is -0.611. The molecule has 2 atom stereocenters. The molecule has 2 unspecified atom stereocenters. The van der Waals surface area contributed by atoms with Gasteiger partial charge in [-0.3, -0.25) is 0 Å². The van der Waals surface area contributed by atoms with E-state index in [0.29, 0.717) is 25.0 Å². The van der Waals surface area contributed by atoms with Gasteiger partial charge < -0.3 is 14.5 Å². The van der Waals surface area contributed by atoms with E-state index in [0.717, 1.165) is 31.5 Å². The molecule has 2 fully saturated rings. The maximum atomic E-state index is 11.0. The van der Waals surface area contributed by atoms with Crippen molar-refractivity contribution < 1.29 is 9.77 Å². The molecule has 1 aromatic carbocycles. The monoisotopic (exact) mass is 358 g/mol. The van der Waals surface area contributed by atoms with Gasteiger partial charge in [0.05, 0.1) is 12.7 Å². The van der Waals surface area contributed by atoms with E-state index in [-0.39, 0.29) is 6.10 Å². The minimum absolute atomic E-state index is 0.264. The fraction of sp³-hybridized carbons (Fsp3) is 0.526. The molecule has 0 radical (unpaired) electrons. The number of hydrogen-bond acceptors (Lipinski definition) is 3. The molecule has 2 aliphatic rings. The summed E-state index contributed by atoms with van der Waals surface area (Å²) < 4.78 is 5.62. The summed E-state index contributed by atoms with van der Waals surface area (Å²) in [6, 6.07) is 8.29. The summed E-state index contributed by atoms with van der Waals surface area (Å²) >= 11 is 0. The summed E-state index contributed by atoms with van der Waals surface area (Å²) in [5.41, 5.74) is 2.35. The van der Waals surface area contributed by atoms with Gasteiger partial charge >= 0.3 is 0 Å². The van der Waals surface area contributed by atoms with Crippen LogP contribution in [0.4, 0.5) is 0 Å². The minimum Gasteiger partial charge on any atom is -0.378 e. The lowest BCUT2D eigenvalue weighted by atomic mass is 10.1. The van der Waals surface area contributed by atoms with E-state index in [1.54, 1.807) is 0 Å². The summed E-state index contributed by atoms with van der Waals surface area (Å²) in [5, 5.41) is 14.0. The van der Waals surface area contributed by atoms with Crippen LogP contribution in [-0.4, -0.2) is 53.1 Å². The normalized spacial score (nSPS) is 24.9. The molecule has 2 saturated heterocycles. The van der Waals surface area contributed by atoms with Crippen molar-refractivity contribution in [3.8, 4) is 0 Å². The van der Waals surface area contributed by atoms with E-state index in [1.807, 2.05) is 34.2 Å². The van der Waals surface area contributed by atoms with Crippen LogP contribution >= 0.6 is 0 Å². The highest BCUT2D eigenvalue weighted by atomic mass is 16.7. The Morgan fingerprint density at radius 2 is 2.27 bits per heavy atom. The largest absolute Gasteiger partial charge is 0.378 e. The molecule has 26 heavy (non-hydrogen) atoms. The molecule has 0 spiro atoms. The van der Waals surface area contributed by atoms with Gasteiger partial charge in [-0.2, -0.15) is 0 Å². The van der Waals surface area contributed by atoms with E-state index in [2.05, 4.69) is 31.1 Å². The van der Waals surface area contributed by atoms with Gasteiger partial charge in [-0.15, -0.1) is 0 Å². The van der Waals surface area contributed by atoms with Gasteiger partial charge in [0.2, 0.25) is 0 Å². The Morgan fingerprint density at radius 3 is 2.96 bits per heavy atom. The Kier molecular flexibility index (Phi) is 5.88. The number of hydrogen-bond donors (Lipinski definition) is 0. The molecule has 0 saturated carbocycles. The van der Waals surface area contributed by atoms with Gasteiger partial charge in [0.15, 0.2) is 5.03 Å². The molecule has 0 aromatic heterocycles. The lowest BCUT2D eigenvalue weighted by molar-refractivity contribution is -0.486. The molecule has 0 amide bonds. The highest BCUT2D eigenvalue weighted by molar-refractivity contribution is 5.83. The molecule has 2 heterocycles. The SMILES string of the molecule is CCc1cccc(C=CN2CCN(CC3COC(C)C3)C2=N[N+](=O)[O-])c1. The lowest BCUT2D eigenvalue weighted by Gasteiger charge is -2.21. The van der Waals surface area contributed by atoms with Crippen LogP contribution in [0.2, 0.25) is 0 Å². The fourth-order valence-electron chi connectivity index (χ4n) is 3.56. The van der Waals surface area contributed by atoms with Gasteiger partial charge in [-0.05, 0) is 37.0 Å². The summed E-state index contributed by atoms with van der Waals surface area (Å²) in [4.78, 5) is 14.9. The first-order chi connectivity index (χ1) is 12.5. The first kappa shape index (κ1) is 18.4. The van der Waals surface area contributed by atoms with E-state index in [4.69, 9.17) is 4.74 Å². The van der Waals surface area contributed by atoms with Crippen LogP contribution in [0.1, 0.15) is 31.4 Å². The molecule has 1 aromatic rings. The molecular formula is C19H26N4O3. The summed E-state index contributed by atoms with van der Waals surface area (Å²) in [6.45, 7) is 7.07. The third-order valence-corrected chi connectivity index (χ3v) is 4.89. The first-order valence-corrected chi connectivity index (χ1v) is 9.18. The van der Waals surface area contributed by atoms with Crippen LogP contribution in [-0.2, 0) is 11.2 Å². The number of nitrogens with zero attached hydrogens (tertiary/aromatic N) is 4. The number of benzene rings is 1. The Bertz CT molecular complexity index is 704. The average molecular weight is 358 g/mol.